The van der Waals surface area contributed by atoms with Crippen LogP contribution in [-0.2, 0) is 5.41 Å². The lowest BCUT2D eigenvalue weighted by molar-refractivity contribution is 0.267. The number of likely N-dealkylation sites (N-methyl/N-ethyl adjacent to an activating group) is 1. The highest BCUT2D eigenvalue weighted by atomic mass is 127. The third-order valence-electron chi connectivity index (χ3n) is 4.26. The molecule has 3 N–H and O–H groups in total. The fourth-order valence-corrected chi connectivity index (χ4v) is 3.69. The quantitative estimate of drug-likeness (QED) is 0.410. The molecular formula is C16H29IN4S. The van der Waals surface area contributed by atoms with Crippen LogP contribution in [0.2, 0.25) is 0 Å². The van der Waals surface area contributed by atoms with E-state index in [4.69, 9.17) is 5.73 Å². The first-order valence-corrected chi connectivity index (χ1v) is 8.72. The summed E-state index contributed by atoms with van der Waals surface area (Å²) in [7, 11) is 0. The van der Waals surface area contributed by atoms with Gasteiger partial charge in [0.1, 0.15) is 0 Å². The summed E-state index contributed by atoms with van der Waals surface area (Å²) < 4.78 is 0. The molecule has 0 bridgehead atoms. The molecule has 4 nitrogen and oxygen atoms in total. The fraction of sp³-hybridized carbons (Fsp3) is 0.688. The van der Waals surface area contributed by atoms with Crippen LogP contribution in [0.5, 0.6) is 0 Å². The second-order valence-electron chi connectivity index (χ2n) is 6.37. The van der Waals surface area contributed by atoms with Gasteiger partial charge < -0.3 is 11.1 Å². The molecular weight excluding hydrogens is 407 g/mol. The van der Waals surface area contributed by atoms with E-state index in [0.717, 1.165) is 13.1 Å². The van der Waals surface area contributed by atoms with Gasteiger partial charge in [-0.05, 0) is 37.4 Å². The van der Waals surface area contributed by atoms with Gasteiger partial charge in [-0.3, -0.25) is 9.89 Å². The molecule has 0 saturated carbocycles. The van der Waals surface area contributed by atoms with Crippen LogP contribution in [0.4, 0.5) is 0 Å². The lowest BCUT2D eigenvalue weighted by Gasteiger charge is -2.24. The molecule has 1 fully saturated rings. The maximum Gasteiger partial charge on any atom is 0.188 e. The van der Waals surface area contributed by atoms with E-state index in [1.807, 2.05) is 0 Å². The molecule has 0 aliphatic carbocycles. The van der Waals surface area contributed by atoms with Crippen LogP contribution in [0.1, 0.15) is 38.5 Å². The van der Waals surface area contributed by atoms with Gasteiger partial charge in [-0.15, -0.1) is 35.3 Å². The third kappa shape index (κ3) is 5.38. The summed E-state index contributed by atoms with van der Waals surface area (Å²) in [6.07, 6.45) is 2.55. The number of thiophene rings is 1. The van der Waals surface area contributed by atoms with Crippen molar-refractivity contribution in [2.24, 2.45) is 10.7 Å². The number of hydrogen-bond acceptors (Lipinski definition) is 3. The average molecular weight is 436 g/mol. The van der Waals surface area contributed by atoms with E-state index in [9.17, 15) is 0 Å². The Hall–Kier alpha value is -0.340. The molecule has 2 rings (SSSR count). The minimum Gasteiger partial charge on any atom is -0.370 e. The second kappa shape index (κ2) is 9.08. The summed E-state index contributed by atoms with van der Waals surface area (Å²) in [5, 5.41) is 5.41. The zero-order valence-electron chi connectivity index (χ0n) is 13.8. The first-order valence-electron chi connectivity index (χ1n) is 7.85. The molecule has 1 saturated heterocycles. The number of aliphatic imine (C=N–C) groups is 1. The Labute approximate surface area is 155 Å². The van der Waals surface area contributed by atoms with Crippen LogP contribution < -0.4 is 11.1 Å². The number of nitrogens with zero attached hydrogens (tertiary/aromatic N) is 2. The minimum atomic E-state index is 0. The third-order valence-corrected chi connectivity index (χ3v) is 5.49. The summed E-state index contributed by atoms with van der Waals surface area (Å²) >= 11 is 1.78. The van der Waals surface area contributed by atoms with Crippen LogP contribution in [0.25, 0.3) is 0 Å². The number of guanidine groups is 1. The van der Waals surface area contributed by atoms with E-state index < -0.39 is 0 Å². The van der Waals surface area contributed by atoms with Crippen molar-refractivity contribution in [3.8, 4) is 0 Å². The van der Waals surface area contributed by atoms with Crippen molar-refractivity contribution in [3.63, 3.8) is 0 Å². The number of rotatable bonds is 6. The summed E-state index contributed by atoms with van der Waals surface area (Å²) in [6, 6.07) is 4.86. The lowest BCUT2D eigenvalue weighted by Crippen LogP contribution is -2.43. The largest absolute Gasteiger partial charge is 0.370 e. The summed E-state index contributed by atoms with van der Waals surface area (Å²) in [5.74, 6) is 0.572. The van der Waals surface area contributed by atoms with E-state index in [0.29, 0.717) is 18.5 Å². The van der Waals surface area contributed by atoms with E-state index in [2.05, 4.69) is 53.5 Å². The fourth-order valence-electron chi connectivity index (χ4n) is 2.85. The van der Waals surface area contributed by atoms with Crippen molar-refractivity contribution in [1.82, 2.24) is 10.2 Å². The minimum absolute atomic E-state index is 0. The number of nitrogens with two attached hydrogens (primary N) is 1. The van der Waals surface area contributed by atoms with Crippen molar-refractivity contribution in [2.75, 3.05) is 26.2 Å². The van der Waals surface area contributed by atoms with Gasteiger partial charge in [0.15, 0.2) is 5.96 Å². The topological polar surface area (TPSA) is 53.6 Å². The van der Waals surface area contributed by atoms with Crippen molar-refractivity contribution in [1.29, 1.82) is 0 Å². The van der Waals surface area contributed by atoms with Crippen LogP contribution >= 0.6 is 35.3 Å². The van der Waals surface area contributed by atoms with E-state index in [-0.39, 0.29) is 29.4 Å². The van der Waals surface area contributed by atoms with Crippen LogP contribution in [-0.4, -0.2) is 43.1 Å². The highest BCUT2D eigenvalue weighted by Crippen LogP contribution is 2.27. The highest BCUT2D eigenvalue weighted by Gasteiger charge is 2.23. The van der Waals surface area contributed by atoms with E-state index in [1.54, 1.807) is 11.3 Å². The molecule has 0 radical (unpaired) electrons. The van der Waals surface area contributed by atoms with Crippen molar-refractivity contribution in [3.05, 3.63) is 22.4 Å². The standard InChI is InChI=1S/C16H28N4S.HI/c1-4-20-9-5-7-13(20)11-18-15(17)19-12-16(2,3)14-8-6-10-21-14;/h6,8,10,13H,4-5,7,9,11-12H2,1-3H3,(H3,17,18,19);1H. The number of halogens is 1. The Kier molecular flexibility index (Phi) is 8.13. The first-order chi connectivity index (χ1) is 10.0. The molecule has 1 aromatic rings. The second-order valence-corrected chi connectivity index (χ2v) is 7.32. The molecule has 22 heavy (non-hydrogen) atoms. The average Bonchev–Trinajstić information content (AvgIpc) is 3.13. The van der Waals surface area contributed by atoms with Gasteiger partial charge in [0, 0.05) is 22.9 Å². The monoisotopic (exact) mass is 436 g/mol. The van der Waals surface area contributed by atoms with E-state index in [1.165, 1.54) is 24.3 Å². The highest BCUT2D eigenvalue weighted by molar-refractivity contribution is 14.0. The molecule has 1 aromatic heterocycles. The van der Waals surface area contributed by atoms with Gasteiger partial charge in [0.05, 0.1) is 6.54 Å². The molecule has 1 unspecified atom stereocenters. The van der Waals surface area contributed by atoms with Crippen LogP contribution in [0.3, 0.4) is 0 Å². The van der Waals surface area contributed by atoms with Gasteiger partial charge in [-0.2, -0.15) is 0 Å². The number of likely N-dealkylation sites (tertiary alicyclic amines) is 1. The molecule has 1 aliphatic heterocycles. The number of hydrogen-bond donors (Lipinski definition) is 2. The van der Waals surface area contributed by atoms with Gasteiger partial charge in [0.2, 0.25) is 0 Å². The maximum absolute atomic E-state index is 6.02. The lowest BCUT2D eigenvalue weighted by atomic mass is 9.92. The van der Waals surface area contributed by atoms with Gasteiger partial charge in [0.25, 0.3) is 0 Å². The molecule has 6 heteroatoms. The van der Waals surface area contributed by atoms with Crippen LogP contribution in [0.15, 0.2) is 22.5 Å². The summed E-state index contributed by atoms with van der Waals surface area (Å²) in [6.45, 7) is 10.6. The zero-order valence-corrected chi connectivity index (χ0v) is 17.0. The van der Waals surface area contributed by atoms with Gasteiger partial charge >= 0.3 is 0 Å². The Bertz CT molecular complexity index is 459. The molecule has 0 spiro atoms. The Balaban J connectivity index is 0.00000242. The van der Waals surface area contributed by atoms with Crippen LogP contribution in [0, 0.1) is 0 Å². The predicted molar refractivity (Wildman–Crippen MR) is 108 cm³/mol. The molecule has 1 aliphatic rings. The molecule has 126 valence electrons. The Morgan fingerprint density at radius 3 is 2.95 bits per heavy atom. The van der Waals surface area contributed by atoms with E-state index >= 15 is 0 Å². The SMILES string of the molecule is CCN1CCCC1CNC(N)=NCC(C)(C)c1cccs1.I. The first kappa shape index (κ1) is 19.7. The molecule has 0 amide bonds. The Morgan fingerprint density at radius 2 is 2.32 bits per heavy atom. The van der Waals surface area contributed by atoms with Crippen molar-refractivity contribution < 1.29 is 0 Å². The predicted octanol–water partition coefficient (Wildman–Crippen LogP) is 3.03. The van der Waals surface area contributed by atoms with Crippen molar-refractivity contribution >= 4 is 41.3 Å². The summed E-state index contributed by atoms with van der Waals surface area (Å²) in [5.41, 5.74) is 6.07. The number of nitrogens with one attached hydrogen (secondary N) is 1. The smallest absolute Gasteiger partial charge is 0.188 e. The molecule has 1 atom stereocenters. The normalized spacial score (nSPS) is 20.0. The van der Waals surface area contributed by atoms with Crippen molar-refractivity contribution in [2.45, 2.75) is 45.1 Å². The maximum atomic E-state index is 6.02. The Morgan fingerprint density at radius 1 is 1.55 bits per heavy atom. The summed E-state index contributed by atoms with van der Waals surface area (Å²) in [4.78, 5) is 8.40. The zero-order chi connectivity index (χ0) is 15.3. The molecule has 0 aromatic carbocycles. The van der Waals surface area contributed by atoms with Gasteiger partial charge in [-0.1, -0.05) is 26.8 Å². The molecule has 2 heterocycles. The van der Waals surface area contributed by atoms with Gasteiger partial charge in [-0.25, -0.2) is 0 Å².